The Hall–Kier alpha value is -1.78. The Balaban J connectivity index is 2.61. The van der Waals surface area contributed by atoms with Gasteiger partial charge in [0, 0.05) is 12.4 Å². The predicted molar refractivity (Wildman–Crippen MR) is 50.8 cm³/mol. The smallest absolute Gasteiger partial charge is 0.316 e. The van der Waals surface area contributed by atoms with E-state index in [2.05, 4.69) is 10.3 Å². The van der Waals surface area contributed by atoms with Crippen LogP contribution in [-0.2, 0) is 9.59 Å². The van der Waals surface area contributed by atoms with Crippen LogP contribution in [0.15, 0.2) is 18.5 Å². The fraction of sp³-hybridized carbons (Fsp3) is 0.333. The summed E-state index contributed by atoms with van der Waals surface area (Å²) < 4.78 is 0. The number of carbonyl (C=O) groups is 2. The van der Waals surface area contributed by atoms with E-state index < -0.39 is 17.8 Å². The highest BCUT2D eigenvalue weighted by atomic mass is 16.4. The second kappa shape index (κ2) is 4.45. The molecule has 0 aliphatic carbocycles. The second-order valence-corrected chi connectivity index (χ2v) is 2.89. The standard InChI is InChI=1S/C9H12N2O3/c1-2-7(9(13)14)8(12)11-6-3-4-10-5-6/h3-5,7,10H,2H2,1H3,(H,11,12)(H,13,14). The Kier molecular flexibility index (Phi) is 3.28. The third-order valence-electron chi connectivity index (χ3n) is 1.89. The number of H-pyrrole nitrogens is 1. The molecule has 1 aromatic heterocycles. The van der Waals surface area contributed by atoms with Crippen molar-refractivity contribution < 1.29 is 14.7 Å². The number of hydrogen-bond donors (Lipinski definition) is 3. The number of aromatic amines is 1. The molecule has 0 bridgehead atoms. The van der Waals surface area contributed by atoms with Gasteiger partial charge in [0.25, 0.3) is 0 Å². The third-order valence-corrected chi connectivity index (χ3v) is 1.89. The number of carboxylic acid groups (broad SMARTS) is 1. The first-order valence-electron chi connectivity index (χ1n) is 4.31. The zero-order chi connectivity index (χ0) is 10.6. The number of carboxylic acids is 1. The van der Waals surface area contributed by atoms with Crippen molar-refractivity contribution in [2.45, 2.75) is 13.3 Å². The van der Waals surface area contributed by atoms with E-state index in [0.29, 0.717) is 5.69 Å². The number of anilines is 1. The van der Waals surface area contributed by atoms with Gasteiger partial charge in [0.05, 0.1) is 5.69 Å². The summed E-state index contributed by atoms with van der Waals surface area (Å²) in [4.78, 5) is 24.8. The number of aromatic nitrogens is 1. The second-order valence-electron chi connectivity index (χ2n) is 2.89. The molecule has 1 unspecified atom stereocenters. The van der Waals surface area contributed by atoms with Crippen molar-refractivity contribution in [1.82, 2.24) is 4.98 Å². The molecule has 0 saturated heterocycles. The van der Waals surface area contributed by atoms with E-state index in [0.717, 1.165) is 0 Å². The van der Waals surface area contributed by atoms with Crippen LogP contribution in [-0.4, -0.2) is 22.0 Å². The number of rotatable bonds is 4. The molecule has 1 heterocycles. The Labute approximate surface area is 81.1 Å². The monoisotopic (exact) mass is 196 g/mol. The van der Waals surface area contributed by atoms with Gasteiger partial charge in [0.2, 0.25) is 5.91 Å². The van der Waals surface area contributed by atoms with Gasteiger partial charge in [-0.2, -0.15) is 0 Å². The summed E-state index contributed by atoms with van der Waals surface area (Å²) in [5, 5.41) is 11.2. The molecular formula is C9H12N2O3. The Bertz CT molecular complexity index is 319. The summed E-state index contributed by atoms with van der Waals surface area (Å²) in [6.07, 6.45) is 3.52. The van der Waals surface area contributed by atoms with Crippen LogP contribution >= 0.6 is 0 Å². The van der Waals surface area contributed by atoms with Crippen molar-refractivity contribution in [2.24, 2.45) is 5.92 Å². The summed E-state index contributed by atoms with van der Waals surface area (Å²) >= 11 is 0. The Morgan fingerprint density at radius 1 is 1.64 bits per heavy atom. The van der Waals surface area contributed by atoms with Gasteiger partial charge in [0.15, 0.2) is 0 Å². The van der Waals surface area contributed by atoms with E-state index in [9.17, 15) is 9.59 Å². The average molecular weight is 196 g/mol. The van der Waals surface area contributed by atoms with Gasteiger partial charge in [-0.05, 0) is 12.5 Å². The molecule has 5 nitrogen and oxygen atoms in total. The molecule has 14 heavy (non-hydrogen) atoms. The van der Waals surface area contributed by atoms with Crippen LogP contribution in [0, 0.1) is 5.92 Å². The fourth-order valence-corrected chi connectivity index (χ4v) is 1.10. The minimum Gasteiger partial charge on any atom is -0.481 e. The first kappa shape index (κ1) is 10.3. The minimum absolute atomic E-state index is 0.283. The largest absolute Gasteiger partial charge is 0.481 e. The van der Waals surface area contributed by atoms with Crippen molar-refractivity contribution in [2.75, 3.05) is 5.32 Å². The van der Waals surface area contributed by atoms with E-state index >= 15 is 0 Å². The summed E-state index contributed by atoms with van der Waals surface area (Å²) in [6, 6.07) is 1.66. The maximum absolute atomic E-state index is 11.4. The van der Waals surface area contributed by atoms with Crippen molar-refractivity contribution in [3.05, 3.63) is 18.5 Å². The first-order chi connectivity index (χ1) is 6.65. The molecule has 0 aliphatic rings. The molecule has 1 amide bonds. The van der Waals surface area contributed by atoms with Gasteiger partial charge in [-0.15, -0.1) is 0 Å². The van der Waals surface area contributed by atoms with Crippen LogP contribution in [0.2, 0.25) is 0 Å². The number of amides is 1. The van der Waals surface area contributed by atoms with Gasteiger partial charge >= 0.3 is 5.97 Å². The molecule has 0 saturated carbocycles. The van der Waals surface area contributed by atoms with Gasteiger partial charge in [-0.25, -0.2) is 0 Å². The van der Waals surface area contributed by atoms with Gasteiger partial charge in [-0.1, -0.05) is 6.92 Å². The average Bonchev–Trinajstić information content (AvgIpc) is 2.57. The van der Waals surface area contributed by atoms with E-state index in [4.69, 9.17) is 5.11 Å². The maximum Gasteiger partial charge on any atom is 0.316 e. The summed E-state index contributed by atoms with van der Waals surface area (Å²) in [7, 11) is 0. The Morgan fingerprint density at radius 2 is 2.36 bits per heavy atom. The normalized spacial score (nSPS) is 12.1. The maximum atomic E-state index is 11.4. The lowest BCUT2D eigenvalue weighted by Gasteiger charge is -2.08. The molecule has 1 atom stereocenters. The minimum atomic E-state index is -1.10. The number of carbonyl (C=O) groups excluding carboxylic acids is 1. The van der Waals surface area contributed by atoms with E-state index in [-0.39, 0.29) is 6.42 Å². The molecule has 0 fully saturated rings. The quantitative estimate of drug-likeness (QED) is 0.630. The molecule has 1 aromatic rings. The van der Waals surface area contributed by atoms with E-state index in [1.54, 1.807) is 25.4 Å². The molecule has 0 aliphatic heterocycles. The van der Waals surface area contributed by atoms with Crippen LogP contribution in [0.5, 0.6) is 0 Å². The predicted octanol–water partition coefficient (Wildman–Crippen LogP) is 1.06. The zero-order valence-electron chi connectivity index (χ0n) is 7.78. The highest BCUT2D eigenvalue weighted by molar-refractivity contribution is 6.04. The van der Waals surface area contributed by atoms with Crippen molar-refractivity contribution >= 4 is 17.6 Å². The number of aliphatic carboxylic acids is 1. The molecule has 0 aromatic carbocycles. The molecule has 0 radical (unpaired) electrons. The number of hydrogen-bond acceptors (Lipinski definition) is 2. The van der Waals surface area contributed by atoms with Gasteiger partial charge in [0.1, 0.15) is 5.92 Å². The lowest BCUT2D eigenvalue weighted by molar-refractivity contribution is -0.145. The first-order valence-corrected chi connectivity index (χ1v) is 4.31. The summed E-state index contributed by atoms with van der Waals surface area (Å²) in [5.74, 6) is -2.56. The zero-order valence-corrected chi connectivity index (χ0v) is 7.78. The molecular weight excluding hydrogens is 184 g/mol. The molecule has 76 valence electrons. The van der Waals surface area contributed by atoms with Crippen LogP contribution < -0.4 is 5.32 Å². The van der Waals surface area contributed by atoms with Gasteiger partial charge in [-0.3, -0.25) is 9.59 Å². The lowest BCUT2D eigenvalue weighted by Crippen LogP contribution is -2.28. The van der Waals surface area contributed by atoms with Crippen molar-refractivity contribution in [1.29, 1.82) is 0 Å². The highest BCUT2D eigenvalue weighted by Crippen LogP contribution is 2.09. The van der Waals surface area contributed by atoms with Crippen LogP contribution in [0.3, 0.4) is 0 Å². The molecule has 5 heteroatoms. The Morgan fingerprint density at radius 3 is 2.79 bits per heavy atom. The topological polar surface area (TPSA) is 82.2 Å². The third kappa shape index (κ3) is 2.35. The highest BCUT2D eigenvalue weighted by Gasteiger charge is 2.23. The van der Waals surface area contributed by atoms with E-state index in [1.807, 2.05) is 0 Å². The van der Waals surface area contributed by atoms with Crippen molar-refractivity contribution in [3.8, 4) is 0 Å². The van der Waals surface area contributed by atoms with Gasteiger partial charge < -0.3 is 15.4 Å². The van der Waals surface area contributed by atoms with E-state index in [1.165, 1.54) is 0 Å². The molecule has 0 spiro atoms. The van der Waals surface area contributed by atoms with Crippen LogP contribution in [0.25, 0.3) is 0 Å². The summed E-state index contributed by atoms with van der Waals surface area (Å²) in [5.41, 5.74) is 0.578. The fourth-order valence-electron chi connectivity index (χ4n) is 1.10. The van der Waals surface area contributed by atoms with Crippen LogP contribution in [0.4, 0.5) is 5.69 Å². The van der Waals surface area contributed by atoms with Crippen LogP contribution in [0.1, 0.15) is 13.3 Å². The number of nitrogens with one attached hydrogen (secondary N) is 2. The summed E-state index contributed by atoms with van der Waals surface area (Å²) in [6.45, 7) is 1.66. The van der Waals surface area contributed by atoms with Crippen molar-refractivity contribution in [3.63, 3.8) is 0 Å². The molecule has 1 rings (SSSR count). The lowest BCUT2D eigenvalue weighted by atomic mass is 10.1. The SMILES string of the molecule is CCC(C(=O)O)C(=O)Nc1cc[nH]c1. The molecule has 3 N–H and O–H groups in total.